The van der Waals surface area contributed by atoms with Crippen molar-refractivity contribution in [1.82, 2.24) is 10.2 Å². The van der Waals surface area contributed by atoms with Crippen molar-refractivity contribution in [3.8, 4) is 5.75 Å². The lowest BCUT2D eigenvalue weighted by Gasteiger charge is -2.20. The van der Waals surface area contributed by atoms with Gasteiger partial charge in [0.1, 0.15) is 5.75 Å². The number of rotatable bonds is 11. The van der Waals surface area contributed by atoms with Gasteiger partial charge < -0.3 is 20.7 Å². The van der Waals surface area contributed by atoms with Gasteiger partial charge in [0, 0.05) is 19.1 Å². The number of nitrogens with one attached hydrogen (secondary N) is 1. The lowest BCUT2D eigenvalue weighted by atomic mass is 10.1. The molecule has 0 fully saturated rings. The molecule has 0 saturated carbocycles. The van der Waals surface area contributed by atoms with Gasteiger partial charge in [-0.3, -0.25) is 0 Å². The highest BCUT2D eigenvalue weighted by Gasteiger charge is 2.07. The maximum Gasteiger partial charge on any atom is 0.142 e. The summed E-state index contributed by atoms with van der Waals surface area (Å²) < 4.78 is 5.62. The minimum absolute atomic E-state index is 0.442. The lowest BCUT2D eigenvalue weighted by molar-refractivity contribution is 0.297. The van der Waals surface area contributed by atoms with Gasteiger partial charge in [-0.15, -0.1) is 0 Å². The van der Waals surface area contributed by atoms with Crippen LogP contribution in [0, 0.1) is 0 Å². The number of hydrogen-bond donors (Lipinski definition) is 2. The molecule has 0 bridgehead atoms. The molecule has 0 aliphatic rings. The molecule has 0 saturated heterocycles. The summed E-state index contributed by atoms with van der Waals surface area (Å²) in [5, 5.41) is 3.58. The van der Waals surface area contributed by atoms with E-state index in [1.54, 1.807) is 0 Å². The molecule has 3 N–H and O–H groups in total. The predicted octanol–water partition coefficient (Wildman–Crippen LogP) is 2.92. The van der Waals surface area contributed by atoms with Crippen LogP contribution in [0.2, 0.25) is 0 Å². The van der Waals surface area contributed by atoms with Gasteiger partial charge in [0.05, 0.1) is 12.3 Å². The molecule has 0 aliphatic heterocycles. The highest BCUT2D eigenvalue weighted by Crippen LogP contribution is 2.23. The van der Waals surface area contributed by atoms with E-state index in [1.165, 1.54) is 5.56 Å². The molecule has 1 rings (SSSR count). The zero-order chi connectivity index (χ0) is 16.4. The van der Waals surface area contributed by atoms with Crippen LogP contribution in [0.25, 0.3) is 0 Å². The van der Waals surface area contributed by atoms with Crippen LogP contribution in [0.4, 0.5) is 5.69 Å². The van der Waals surface area contributed by atoms with Crippen LogP contribution in [0.1, 0.15) is 39.7 Å². The van der Waals surface area contributed by atoms with Gasteiger partial charge in [0.2, 0.25) is 0 Å². The van der Waals surface area contributed by atoms with E-state index in [-0.39, 0.29) is 0 Å². The number of benzene rings is 1. The zero-order valence-corrected chi connectivity index (χ0v) is 14.7. The molecule has 0 heterocycles. The summed E-state index contributed by atoms with van der Waals surface area (Å²) in [4.78, 5) is 2.43. The van der Waals surface area contributed by atoms with Gasteiger partial charge in [0.25, 0.3) is 0 Å². The number of anilines is 1. The summed E-state index contributed by atoms with van der Waals surface area (Å²) in [6.45, 7) is 13.8. The van der Waals surface area contributed by atoms with Crippen molar-refractivity contribution in [3.63, 3.8) is 0 Å². The van der Waals surface area contributed by atoms with Crippen LogP contribution >= 0.6 is 0 Å². The van der Waals surface area contributed by atoms with E-state index in [0.717, 1.165) is 50.5 Å². The predicted molar refractivity (Wildman–Crippen MR) is 95.6 cm³/mol. The minimum atomic E-state index is 0.442. The molecule has 4 heteroatoms. The van der Waals surface area contributed by atoms with Gasteiger partial charge in [-0.1, -0.05) is 26.8 Å². The Balaban J connectivity index is 2.40. The van der Waals surface area contributed by atoms with E-state index in [4.69, 9.17) is 10.5 Å². The third-order valence-corrected chi connectivity index (χ3v) is 3.89. The second kappa shape index (κ2) is 10.5. The molecular formula is C18H33N3O. The Bertz CT molecular complexity index is 419. The quantitative estimate of drug-likeness (QED) is 0.617. The van der Waals surface area contributed by atoms with Crippen LogP contribution in [0.15, 0.2) is 18.2 Å². The summed E-state index contributed by atoms with van der Waals surface area (Å²) >= 11 is 0. The molecule has 0 spiro atoms. The van der Waals surface area contributed by atoms with E-state index >= 15 is 0 Å². The molecule has 0 amide bonds. The fourth-order valence-electron chi connectivity index (χ4n) is 2.50. The summed E-state index contributed by atoms with van der Waals surface area (Å²) in [6, 6.07) is 6.58. The Labute approximate surface area is 136 Å². The first-order valence-corrected chi connectivity index (χ1v) is 8.57. The second-order valence-corrected chi connectivity index (χ2v) is 5.81. The Morgan fingerprint density at radius 2 is 1.95 bits per heavy atom. The topological polar surface area (TPSA) is 50.5 Å². The minimum Gasteiger partial charge on any atom is -0.491 e. The van der Waals surface area contributed by atoms with Crippen molar-refractivity contribution in [2.45, 2.75) is 46.6 Å². The first-order valence-electron chi connectivity index (χ1n) is 8.57. The average Bonchev–Trinajstić information content (AvgIpc) is 2.51. The van der Waals surface area contributed by atoms with Crippen molar-refractivity contribution < 1.29 is 4.74 Å². The standard InChI is InChI=1S/C18H33N3O/c1-5-12-22-18-9-8-16(14-17(18)19)13-15(4)20-10-11-21(6-2)7-3/h8-9,14-15,20H,5-7,10-13,19H2,1-4H3. The van der Waals surface area contributed by atoms with Crippen molar-refractivity contribution in [3.05, 3.63) is 23.8 Å². The highest BCUT2D eigenvalue weighted by atomic mass is 16.5. The van der Waals surface area contributed by atoms with Crippen LogP contribution in [0.5, 0.6) is 5.75 Å². The van der Waals surface area contributed by atoms with Gasteiger partial charge in [-0.25, -0.2) is 0 Å². The van der Waals surface area contributed by atoms with E-state index in [1.807, 2.05) is 12.1 Å². The van der Waals surface area contributed by atoms with Crippen LogP contribution in [-0.2, 0) is 6.42 Å². The van der Waals surface area contributed by atoms with Crippen LogP contribution in [-0.4, -0.2) is 43.7 Å². The Hall–Kier alpha value is -1.26. The Morgan fingerprint density at radius 3 is 2.55 bits per heavy atom. The number of hydrogen-bond acceptors (Lipinski definition) is 4. The molecule has 22 heavy (non-hydrogen) atoms. The summed E-state index contributed by atoms with van der Waals surface area (Å²) in [6.07, 6.45) is 1.98. The van der Waals surface area contributed by atoms with E-state index < -0.39 is 0 Å². The third kappa shape index (κ3) is 6.67. The van der Waals surface area contributed by atoms with Gasteiger partial charge >= 0.3 is 0 Å². The molecule has 0 aliphatic carbocycles. The summed E-state index contributed by atoms with van der Waals surface area (Å²) in [7, 11) is 0. The second-order valence-electron chi connectivity index (χ2n) is 5.81. The number of ether oxygens (including phenoxy) is 1. The molecule has 1 atom stereocenters. The fourth-order valence-corrected chi connectivity index (χ4v) is 2.50. The van der Waals surface area contributed by atoms with E-state index in [9.17, 15) is 0 Å². The normalized spacial score (nSPS) is 12.6. The molecule has 1 unspecified atom stereocenters. The van der Waals surface area contributed by atoms with Crippen molar-refractivity contribution in [1.29, 1.82) is 0 Å². The highest BCUT2D eigenvalue weighted by molar-refractivity contribution is 5.54. The Kier molecular flexibility index (Phi) is 8.94. The Morgan fingerprint density at radius 1 is 1.23 bits per heavy atom. The fraction of sp³-hybridized carbons (Fsp3) is 0.667. The molecule has 0 aromatic heterocycles. The number of nitrogens with zero attached hydrogens (tertiary/aromatic N) is 1. The molecule has 126 valence electrons. The first-order chi connectivity index (χ1) is 10.6. The lowest BCUT2D eigenvalue weighted by Crippen LogP contribution is -2.36. The van der Waals surface area contributed by atoms with Crippen molar-refractivity contribution in [2.75, 3.05) is 38.5 Å². The van der Waals surface area contributed by atoms with Crippen molar-refractivity contribution in [2.24, 2.45) is 0 Å². The molecule has 1 aromatic rings. The maximum absolute atomic E-state index is 6.06. The largest absolute Gasteiger partial charge is 0.491 e. The first kappa shape index (κ1) is 18.8. The van der Waals surface area contributed by atoms with Crippen molar-refractivity contribution >= 4 is 5.69 Å². The maximum atomic E-state index is 6.06. The third-order valence-electron chi connectivity index (χ3n) is 3.89. The van der Waals surface area contributed by atoms with Gasteiger partial charge in [-0.05, 0) is 50.6 Å². The summed E-state index contributed by atoms with van der Waals surface area (Å²) in [5.41, 5.74) is 8.05. The number of likely N-dealkylation sites (N-methyl/N-ethyl adjacent to an activating group) is 1. The molecule has 4 nitrogen and oxygen atoms in total. The average molecular weight is 307 g/mol. The van der Waals surface area contributed by atoms with E-state index in [0.29, 0.717) is 12.6 Å². The smallest absolute Gasteiger partial charge is 0.142 e. The molecule has 0 radical (unpaired) electrons. The number of nitrogens with two attached hydrogens (primary N) is 1. The SMILES string of the molecule is CCCOc1ccc(CC(C)NCCN(CC)CC)cc1N. The number of nitrogen functional groups attached to an aromatic ring is 1. The van der Waals surface area contributed by atoms with Gasteiger partial charge in [0.15, 0.2) is 0 Å². The van der Waals surface area contributed by atoms with Gasteiger partial charge in [-0.2, -0.15) is 0 Å². The zero-order valence-electron chi connectivity index (χ0n) is 14.7. The monoisotopic (exact) mass is 307 g/mol. The van der Waals surface area contributed by atoms with Crippen LogP contribution in [0.3, 0.4) is 0 Å². The molecule has 1 aromatic carbocycles. The van der Waals surface area contributed by atoms with E-state index in [2.05, 4.69) is 44.0 Å². The molecular weight excluding hydrogens is 274 g/mol. The van der Waals surface area contributed by atoms with Crippen LogP contribution < -0.4 is 15.8 Å². The summed E-state index contributed by atoms with van der Waals surface area (Å²) in [5.74, 6) is 0.799.